The largest absolute Gasteiger partial charge is 0.492 e. The molecule has 0 heterocycles. The lowest BCUT2D eigenvalue weighted by atomic mass is 10.2. The van der Waals surface area contributed by atoms with E-state index in [4.69, 9.17) is 22.1 Å². The number of amides is 1. The van der Waals surface area contributed by atoms with Gasteiger partial charge in [-0.15, -0.1) is 0 Å². The van der Waals surface area contributed by atoms with Gasteiger partial charge in [-0.2, -0.15) is 5.10 Å². The molecule has 0 saturated heterocycles. The van der Waals surface area contributed by atoms with E-state index in [1.807, 2.05) is 6.92 Å². The summed E-state index contributed by atoms with van der Waals surface area (Å²) in [6, 6.07) is 11.9. The van der Waals surface area contributed by atoms with Gasteiger partial charge in [-0.1, -0.05) is 11.6 Å². The van der Waals surface area contributed by atoms with Crippen molar-refractivity contribution >= 4 is 29.4 Å². The topological polar surface area (TPSA) is 76.7 Å². The molecular weight excluding hydrogens is 302 g/mol. The summed E-state index contributed by atoms with van der Waals surface area (Å²) in [6.45, 7) is 2.43. The Hall–Kier alpha value is -2.53. The van der Waals surface area contributed by atoms with Crippen molar-refractivity contribution in [1.82, 2.24) is 5.43 Å². The summed E-state index contributed by atoms with van der Waals surface area (Å²) in [7, 11) is 0. The van der Waals surface area contributed by atoms with Crippen LogP contribution in [-0.2, 0) is 0 Å². The van der Waals surface area contributed by atoms with Gasteiger partial charge in [0.1, 0.15) is 5.75 Å². The number of nitrogens with one attached hydrogen (secondary N) is 1. The summed E-state index contributed by atoms with van der Waals surface area (Å²) < 4.78 is 5.35. The lowest BCUT2D eigenvalue weighted by Crippen LogP contribution is -2.17. The number of benzene rings is 2. The summed E-state index contributed by atoms with van der Waals surface area (Å²) >= 11 is 6.07. The van der Waals surface area contributed by atoms with E-state index in [9.17, 15) is 4.79 Å². The second-order valence-corrected chi connectivity index (χ2v) is 4.85. The number of rotatable bonds is 5. The minimum atomic E-state index is -0.312. The van der Waals surface area contributed by atoms with Crippen molar-refractivity contribution in [2.45, 2.75) is 6.92 Å². The number of nitrogens with two attached hydrogens (primary N) is 1. The fourth-order valence-corrected chi connectivity index (χ4v) is 1.98. The zero-order valence-electron chi connectivity index (χ0n) is 12.0. The maximum atomic E-state index is 11.8. The lowest BCUT2D eigenvalue weighted by Gasteiger charge is -2.05. The third kappa shape index (κ3) is 4.23. The van der Waals surface area contributed by atoms with E-state index in [2.05, 4.69) is 10.5 Å². The van der Waals surface area contributed by atoms with E-state index in [1.165, 1.54) is 6.21 Å². The molecule has 2 rings (SSSR count). The summed E-state index contributed by atoms with van der Waals surface area (Å²) in [5, 5.41) is 4.40. The number of halogens is 1. The highest BCUT2D eigenvalue weighted by Crippen LogP contribution is 2.24. The third-order valence-corrected chi connectivity index (χ3v) is 3.10. The minimum Gasteiger partial charge on any atom is -0.492 e. The molecule has 22 heavy (non-hydrogen) atoms. The van der Waals surface area contributed by atoms with Crippen molar-refractivity contribution < 1.29 is 9.53 Å². The third-order valence-electron chi connectivity index (χ3n) is 2.81. The molecule has 114 valence electrons. The first-order valence-corrected chi connectivity index (χ1v) is 7.09. The highest BCUT2D eigenvalue weighted by Gasteiger charge is 2.04. The average molecular weight is 318 g/mol. The fourth-order valence-electron chi connectivity index (χ4n) is 1.73. The van der Waals surface area contributed by atoms with Crippen molar-refractivity contribution in [2.75, 3.05) is 12.3 Å². The van der Waals surface area contributed by atoms with E-state index < -0.39 is 0 Å². The van der Waals surface area contributed by atoms with Crippen LogP contribution in [0.3, 0.4) is 0 Å². The van der Waals surface area contributed by atoms with E-state index in [1.54, 1.807) is 42.5 Å². The Morgan fingerprint density at radius 1 is 1.32 bits per heavy atom. The fraction of sp³-hybridized carbons (Fsp3) is 0.125. The average Bonchev–Trinajstić information content (AvgIpc) is 2.50. The Morgan fingerprint density at radius 3 is 2.68 bits per heavy atom. The molecule has 2 aromatic rings. The molecule has 0 unspecified atom stereocenters. The number of hydrogen-bond donors (Lipinski definition) is 2. The molecule has 0 aliphatic heterocycles. The molecular formula is C16H16ClN3O2. The number of carbonyl (C=O) groups is 1. The van der Waals surface area contributed by atoms with Crippen LogP contribution in [0.5, 0.6) is 5.75 Å². The standard InChI is InChI=1S/C16H16ClN3O2/c1-2-22-15-8-3-11(9-14(15)17)10-19-20-16(21)12-4-6-13(18)7-5-12/h3-10H,2,18H2,1H3,(H,20,21)/b19-10-. The number of nitrogen functional groups attached to an aromatic ring is 1. The van der Waals surface area contributed by atoms with Gasteiger partial charge in [0.25, 0.3) is 5.91 Å². The van der Waals surface area contributed by atoms with Crippen LogP contribution in [0.1, 0.15) is 22.8 Å². The summed E-state index contributed by atoms with van der Waals surface area (Å²) in [5.41, 5.74) is 9.85. The Morgan fingerprint density at radius 2 is 2.05 bits per heavy atom. The van der Waals surface area contributed by atoms with E-state index >= 15 is 0 Å². The summed E-state index contributed by atoms with van der Waals surface area (Å²) in [6.07, 6.45) is 1.51. The van der Waals surface area contributed by atoms with Gasteiger partial charge in [-0.05, 0) is 55.0 Å². The Kier molecular flexibility index (Phi) is 5.38. The quantitative estimate of drug-likeness (QED) is 0.505. The summed E-state index contributed by atoms with van der Waals surface area (Å²) in [4.78, 5) is 11.8. The number of hydrogen-bond acceptors (Lipinski definition) is 4. The van der Waals surface area contributed by atoms with Crippen LogP contribution in [0, 0.1) is 0 Å². The van der Waals surface area contributed by atoms with Crippen molar-refractivity contribution in [3.05, 3.63) is 58.6 Å². The van der Waals surface area contributed by atoms with Crippen LogP contribution < -0.4 is 15.9 Å². The van der Waals surface area contributed by atoms with Crippen molar-refractivity contribution in [3.8, 4) is 5.75 Å². The van der Waals surface area contributed by atoms with Crippen LogP contribution in [-0.4, -0.2) is 18.7 Å². The minimum absolute atomic E-state index is 0.312. The van der Waals surface area contributed by atoms with E-state index in [0.29, 0.717) is 28.6 Å². The van der Waals surface area contributed by atoms with E-state index in [0.717, 1.165) is 5.56 Å². The molecule has 0 fully saturated rings. The molecule has 0 saturated carbocycles. The predicted octanol–water partition coefficient (Wildman–Crippen LogP) is 3.08. The van der Waals surface area contributed by atoms with Gasteiger partial charge in [0.2, 0.25) is 0 Å². The van der Waals surface area contributed by atoms with E-state index in [-0.39, 0.29) is 5.91 Å². The predicted molar refractivity (Wildman–Crippen MR) is 88.5 cm³/mol. The van der Waals surface area contributed by atoms with Crippen LogP contribution in [0.2, 0.25) is 5.02 Å². The first kappa shape index (κ1) is 15.9. The molecule has 0 aromatic heterocycles. The first-order chi connectivity index (χ1) is 10.6. The molecule has 6 heteroatoms. The molecule has 0 bridgehead atoms. The highest BCUT2D eigenvalue weighted by atomic mass is 35.5. The second kappa shape index (κ2) is 7.47. The van der Waals surface area contributed by atoms with Gasteiger partial charge in [-0.25, -0.2) is 5.43 Å². The van der Waals surface area contributed by atoms with Crippen molar-refractivity contribution in [1.29, 1.82) is 0 Å². The van der Waals surface area contributed by atoms with Gasteiger partial charge >= 0.3 is 0 Å². The van der Waals surface area contributed by atoms with Crippen LogP contribution in [0.25, 0.3) is 0 Å². The number of anilines is 1. The number of hydrazone groups is 1. The zero-order valence-corrected chi connectivity index (χ0v) is 12.8. The lowest BCUT2D eigenvalue weighted by molar-refractivity contribution is 0.0955. The van der Waals surface area contributed by atoms with Gasteiger partial charge in [0.15, 0.2) is 0 Å². The molecule has 5 nitrogen and oxygen atoms in total. The van der Waals surface area contributed by atoms with Crippen LogP contribution in [0.15, 0.2) is 47.6 Å². The molecule has 3 N–H and O–H groups in total. The summed E-state index contributed by atoms with van der Waals surface area (Å²) in [5.74, 6) is 0.306. The smallest absolute Gasteiger partial charge is 0.271 e. The Labute approximate surface area is 133 Å². The van der Waals surface area contributed by atoms with Crippen LogP contribution >= 0.6 is 11.6 Å². The second-order valence-electron chi connectivity index (χ2n) is 4.44. The number of ether oxygens (including phenoxy) is 1. The first-order valence-electron chi connectivity index (χ1n) is 6.71. The number of carbonyl (C=O) groups excluding carboxylic acids is 1. The van der Waals surface area contributed by atoms with Gasteiger partial charge in [-0.3, -0.25) is 4.79 Å². The zero-order chi connectivity index (χ0) is 15.9. The van der Waals surface area contributed by atoms with Crippen molar-refractivity contribution in [3.63, 3.8) is 0 Å². The normalized spacial score (nSPS) is 10.6. The molecule has 0 aliphatic rings. The van der Waals surface area contributed by atoms with Crippen LogP contribution in [0.4, 0.5) is 5.69 Å². The molecule has 0 spiro atoms. The monoisotopic (exact) mass is 317 g/mol. The Balaban J connectivity index is 1.98. The molecule has 0 aliphatic carbocycles. The number of nitrogens with zero attached hydrogens (tertiary/aromatic N) is 1. The van der Waals surface area contributed by atoms with Gasteiger partial charge in [0, 0.05) is 11.3 Å². The highest BCUT2D eigenvalue weighted by molar-refractivity contribution is 6.32. The maximum Gasteiger partial charge on any atom is 0.271 e. The Bertz CT molecular complexity index is 684. The SMILES string of the molecule is CCOc1ccc(/C=N\NC(=O)c2ccc(N)cc2)cc1Cl. The maximum absolute atomic E-state index is 11.8. The van der Waals surface area contributed by atoms with Gasteiger partial charge in [0.05, 0.1) is 17.8 Å². The van der Waals surface area contributed by atoms with Crippen molar-refractivity contribution in [2.24, 2.45) is 5.10 Å². The molecule has 0 atom stereocenters. The molecule has 1 amide bonds. The van der Waals surface area contributed by atoms with Gasteiger partial charge < -0.3 is 10.5 Å². The molecule has 0 radical (unpaired) electrons. The molecule has 2 aromatic carbocycles.